The molecule has 0 aromatic heterocycles. The minimum Gasteiger partial charge on any atom is -0.358 e. The van der Waals surface area contributed by atoms with Crippen LogP contribution in [0.3, 0.4) is 0 Å². The Morgan fingerprint density at radius 1 is 1.03 bits per heavy atom. The number of rotatable bonds is 5. The first-order chi connectivity index (χ1) is 17.7. The number of Topliss-reactive ketones (excluding diaryl/α,β-unsaturated/α-hetero) is 1. The second kappa shape index (κ2) is 10.3. The van der Waals surface area contributed by atoms with Crippen molar-refractivity contribution >= 4 is 23.5 Å². The molecule has 4 aliphatic carbocycles. The number of amides is 2. The molecule has 3 N–H and O–H groups in total. The molecule has 2 unspecified atom stereocenters. The van der Waals surface area contributed by atoms with Crippen molar-refractivity contribution in [1.82, 2.24) is 16.0 Å². The Morgan fingerprint density at radius 2 is 1.81 bits per heavy atom. The summed E-state index contributed by atoms with van der Waals surface area (Å²) in [7, 11) is 1.64. The number of carbonyl (C=O) groups is 3. The van der Waals surface area contributed by atoms with Crippen molar-refractivity contribution < 1.29 is 19.2 Å². The molecule has 1 heterocycles. The second-order valence-corrected chi connectivity index (χ2v) is 13.2. The van der Waals surface area contributed by atoms with Gasteiger partial charge in [-0.1, -0.05) is 19.0 Å². The third kappa shape index (κ3) is 4.83. The van der Waals surface area contributed by atoms with E-state index < -0.39 is 6.09 Å². The van der Waals surface area contributed by atoms with Crippen molar-refractivity contribution in [2.24, 2.45) is 45.6 Å². The molecule has 4 saturated carbocycles. The summed E-state index contributed by atoms with van der Waals surface area (Å²) >= 11 is 0. The fourth-order valence-corrected chi connectivity index (χ4v) is 9.51. The largest absolute Gasteiger partial charge is 0.433 e. The van der Waals surface area contributed by atoms with Gasteiger partial charge in [-0.05, 0) is 99.2 Å². The molecule has 0 aromatic rings. The average molecular weight is 515 g/mol. The van der Waals surface area contributed by atoms with Crippen molar-refractivity contribution in [1.29, 1.82) is 0 Å². The number of ketones is 1. The molecule has 0 aromatic carbocycles. The minimum absolute atomic E-state index is 0.0151. The Hall–Kier alpha value is -1.96. The van der Waals surface area contributed by atoms with E-state index in [4.69, 9.17) is 4.84 Å². The Balaban J connectivity index is 1.16. The van der Waals surface area contributed by atoms with E-state index in [1.54, 1.807) is 7.05 Å². The summed E-state index contributed by atoms with van der Waals surface area (Å²) in [5, 5.41) is 13.0. The smallest absolute Gasteiger partial charge is 0.358 e. The lowest BCUT2D eigenvalue weighted by molar-refractivity contribution is -0.138. The van der Waals surface area contributed by atoms with Gasteiger partial charge in [0, 0.05) is 38.4 Å². The maximum atomic E-state index is 12.4. The molecule has 8 heteroatoms. The van der Waals surface area contributed by atoms with E-state index in [1.807, 2.05) is 6.92 Å². The third-order valence-corrected chi connectivity index (χ3v) is 11.6. The molecule has 1 saturated heterocycles. The molecule has 1 aliphatic heterocycles. The number of likely N-dealkylation sites (N-methyl/N-ethyl adjacent to an activating group) is 1. The van der Waals surface area contributed by atoms with Crippen LogP contribution in [0.15, 0.2) is 5.16 Å². The number of nitrogens with zero attached hydrogens (tertiary/aromatic N) is 1. The number of oxime groups is 1. The van der Waals surface area contributed by atoms with Gasteiger partial charge in [-0.15, -0.1) is 0 Å². The predicted octanol–water partition coefficient (Wildman–Crippen LogP) is 4.18. The minimum atomic E-state index is -0.536. The first-order valence-electron chi connectivity index (χ1n) is 14.6. The molecule has 5 fully saturated rings. The van der Waals surface area contributed by atoms with E-state index in [0.29, 0.717) is 35.5 Å². The van der Waals surface area contributed by atoms with Gasteiger partial charge < -0.3 is 16.0 Å². The summed E-state index contributed by atoms with van der Waals surface area (Å²) in [4.78, 5) is 41.6. The molecule has 5 rings (SSSR count). The van der Waals surface area contributed by atoms with Crippen molar-refractivity contribution in [3.63, 3.8) is 0 Å². The van der Waals surface area contributed by atoms with Crippen LogP contribution in [0.4, 0.5) is 4.79 Å². The lowest BCUT2D eigenvalue weighted by atomic mass is 9.44. The highest BCUT2D eigenvalue weighted by molar-refractivity contribution is 5.86. The van der Waals surface area contributed by atoms with Crippen molar-refractivity contribution in [2.75, 3.05) is 13.6 Å². The fourth-order valence-electron chi connectivity index (χ4n) is 9.51. The standard InChI is InChI=1S/C29H46N4O4/c1-17(33-37-27(36)31-16-19-6-10-25(32-19)26(35)30-4)22-8-9-23-21-7-5-18-15-20(34)11-13-28(18,2)24(21)12-14-29(22,23)3/h18-19,21-25,32H,5-16H2,1-4H3,(H,30,35)(H,31,36)/b33-17+/t18-,19?,21+,22-,23+,24+,25?,28+,29-/m1/s1. The number of hydrogen-bond donors (Lipinski definition) is 3. The highest BCUT2D eigenvalue weighted by Crippen LogP contribution is 2.67. The molecule has 206 valence electrons. The summed E-state index contributed by atoms with van der Waals surface area (Å²) in [6.07, 6.45) is 11.0. The molecular formula is C29H46N4O4. The molecule has 0 radical (unpaired) electrons. The van der Waals surface area contributed by atoms with E-state index in [0.717, 1.165) is 56.1 Å². The Labute approximate surface area is 221 Å². The third-order valence-electron chi connectivity index (χ3n) is 11.6. The molecule has 37 heavy (non-hydrogen) atoms. The first kappa shape index (κ1) is 26.6. The van der Waals surface area contributed by atoms with Crippen LogP contribution in [0.2, 0.25) is 0 Å². The van der Waals surface area contributed by atoms with E-state index in [9.17, 15) is 14.4 Å². The molecular weight excluding hydrogens is 468 g/mol. The van der Waals surface area contributed by atoms with Gasteiger partial charge in [0.2, 0.25) is 5.91 Å². The van der Waals surface area contributed by atoms with Crippen LogP contribution < -0.4 is 16.0 Å². The van der Waals surface area contributed by atoms with Crippen LogP contribution in [-0.4, -0.2) is 49.2 Å². The van der Waals surface area contributed by atoms with Crippen LogP contribution in [0.5, 0.6) is 0 Å². The van der Waals surface area contributed by atoms with Gasteiger partial charge in [-0.3, -0.25) is 14.4 Å². The van der Waals surface area contributed by atoms with Crippen LogP contribution in [-0.2, 0) is 14.4 Å². The zero-order valence-corrected chi connectivity index (χ0v) is 23.1. The molecule has 0 bridgehead atoms. The molecule has 9 atom stereocenters. The Bertz CT molecular complexity index is 952. The van der Waals surface area contributed by atoms with Crippen molar-refractivity contribution in [2.45, 2.75) is 103 Å². The zero-order chi connectivity index (χ0) is 26.4. The normalized spacial score (nSPS) is 43.4. The highest BCUT2D eigenvalue weighted by Gasteiger charge is 2.60. The van der Waals surface area contributed by atoms with Gasteiger partial charge in [0.05, 0.1) is 11.8 Å². The quantitative estimate of drug-likeness (QED) is 0.290. The number of hydrogen-bond acceptors (Lipinski definition) is 6. The van der Waals surface area contributed by atoms with Crippen LogP contribution in [0.1, 0.15) is 91.4 Å². The maximum absolute atomic E-state index is 12.4. The summed E-state index contributed by atoms with van der Waals surface area (Å²) in [5.41, 5.74) is 1.46. The molecule has 2 amide bonds. The van der Waals surface area contributed by atoms with Gasteiger partial charge in [0.1, 0.15) is 5.78 Å². The van der Waals surface area contributed by atoms with Gasteiger partial charge in [0.25, 0.3) is 0 Å². The van der Waals surface area contributed by atoms with E-state index in [1.165, 1.54) is 32.1 Å². The SMILES string of the molecule is CNC(=O)C1CCC(CNC(=O)O/N=C(\C)[C@H]2CC[C@H]3[C@@H]4CC[C@@H]5CC(=O)CC[C@]5(C)[C@H]4CC[C@]23C)N1. The maximum Gasteiger partial charge on any atom is 0.433 e. The van der Waals surface area contributed by atoms with Gasteiger partial charge >= 0.3 is 6.09 Å². The van der Waals surface area contributed by atoms with Crippen molar-refractivity contribution in [3.05, 3.63) is 0 Å². The Morgan fingerprint density at radius 3 is 2.59 bits per heavy atom. The first-order valence-corrected chi connectivity index (χ1v) is 14.6. The summed E-state index contributed by atoms with van der Waals surface area (Å²) in [6, 6.07) is -0.138. The van der Waals surface area contributed by atoms with E-state index in [2.05, 4.69) is 35.0 Å². The number of fused-ring (bicyclic) bond motifs is 5. The highest BCUT2D eigenvalue weighted by atomic mass is 16.7. The van der Waals surface area contributed by atoms with Crippen LogP contribution in [0, 0.1) is 40.4 Å². The molecule has 5 aliphatic rings. The van der Waals surface area contributed by atoms with E-state index >= 15 is 0 Å². The molecule has 0 spiro atoms. The van der Waals surface area contributed by atoms with Gasteiger partial charge in [-0.2, -0.15) is 0 Å². The monoisotopic (exact) mass is 514 g/mol. The van der Waals surface area contributed by atoms with Gasteiger partial charge in [-0.25, -0.2) is 4.79 Å². The topological polar surface area (TPSA) is 109 Å². The zero-order valence-electron chi connectivity index (χ0n) is 23.1. The summed E-state index contributed by atoms with van der Waals surface area (Å²) in [6.45, 7) is 7.39. The van der Waals surface area contributed by atoms with E-state index in [-0.39, 0.29) is 23.4 Å². The predicted molar refractivity (Wildman–Crippen MR) is 142 cm³/mol. The summed E-state index contributed by atoms with van der Waals surface area (Å²) < 4.78 is 0. The number of carbonyl (C=O) groups excluding carboxylic acids is 3. The fraction of sp³-hybridized carbons (Fsp3) is 0.862. The lowest BCUT2D eigenvalue weighted by Gasteiger charge is -2.60. The lowest BCUT2D eigenvalue weighted by Crippen LogP contribution is -2.53. The van der Waals surface area contributed by atoms with Crippen LogP contribution in [0.25, 0.3) is 0 Å². The Kier molecular flexibility index (Phi) is 7.42. The number of nitrogens with one attached hydrogen (secondary N) is 3. The van der Waals surface area contributed by atoms with Gasteiger partial charge in [0.15, 0.2) is 0 Å². The molecule has 8 nitrogen and oxygen atoms in total. The van der Waals surface area contributed by atoms with Crippen LogP contribution >= 0.6 is 0 Å². The van der Waals surface area contributed by atoms with Crippen molar-refractivity contribution in [3.8, 4) is 0 Å². The summed E-state index contributed by atoms with van der Waals surface area (Å²) in [5.74, 6) is 3.56. The average Bonchev–Trinajstić information content (AvgIpc) is 3.50. The second-order valence-electron chi connectivity index (χ2n) is 13.2.